The molecule has 0 aliphatic rings. The van der Waals surface area contributed by atoms with Crippen molar-refractivity contribution in [1.29, 1.82) is 0 Å². The van der Waals surface area contributed by atoms with Crippen LogP contribution in [0.2, 0.25) is 0 Å². The minimum atomic E-state index is -2.36. The molecule has 0 heterocycles. The Kier molecular flexibility index (Phi) is 10.9. The van der Waals surface area contributed by atoms with E-state index in [0.717, 1.165) is 12.8 Å². The van der Waals surface area contributed by atoms with E-state index in [0.29, 0.717) is 17.7 Å². The van der Waals surface area contributed by atoms with E-state index in [1.807, 2.05) is 6.07 Å². The third-order valence-electron chi connectivity index (χ3n) is 2.19. The van der Waals surface area contributed by atoms with Crippen LogP contribution in [0.3, 0.4) is 0 Å². The fourth-order valence-electron chi connectivity index (χ4n) is 1.47. The zero-order chi connectivity index (χ0) is 13.1. The van der Waals surface area contributed by atoms with E-state index in [4.69, 9.17) is 32.0 Å². The lowest BCUT2D eigenvalue weighted by atomic mass is 9.94. The van der Waals surface area contributed by atoms with Crippen LogP contribution in [0.25, 0.3) is 0 Å². The van der Waals surface area contributed by atoms with Crippen LogP contribution >= 0.6 is 23.2 Å². The van der Waals surface area contributed by atoms with Gasteiger partial charge in [-0.15, -0.1) is 23.2 Å². The smallest absolute Gasteiger partial charge is 0.0229 e. The van der Waals surface area contributed by atoms with Crippen molar-refractivity contribution < 1.29 is 8.76 Å². The van der Waals surface area contributed by atoms with Crippen LogP contribution in [0.1, 0.15) is 24.3 Å². The highest BCUT2D eigenvalue weighted by atomic mass is 35.5. The summed E-state index contributed by atoms with van der Waals surface area (Å²) in [6.45, 7) is 0. The van der Waals surface area contributed by atoms with Crippen molar-refractivity contribution in [3.63, 3.8) is 0 Å². The topological polar surface area (TPSA) is 66.2 Å². The first kappa shape index (κ1) is 16.9. The van der Waals surface area contributed by atoms with Gasteiger partial charge in [0.05, 0.1) is 0 Å². The fourth-order valence-corrected chi connectivity index (χ4v) is 1.99. The molecule has 1 aromatic rings. The molecule has 0 saturated heterocycles. The van der Waals surface area contributed by atoms with Gasteiger partial charge in [0.1, 0.15) is 0 Å². The Labute approximate surface area is 115 Å². The molecular formula is C11H16Cl2NO2S-. The first-order chi connectivity index (χ1) is 8.11. The van der Waals surface area contributed by atoms with Crippen LogP contribution < -0.4 is 5.14 Å². The molecule has 0 aliphatic heterocycles. The third-order valence-corrected chi connectivity index (χ3v) is 2.62. The minimum Gasteiger partial charge on any atom is -0.760 e. The second kappa shape index (κ2) is 11.0. The molecule has 0 radical (unpaired) electrons. The number of benzene rings is 1. The lowest BCUT2D eigenvalue weighted by Gasteiger charge is -2.14. The quantitative estimate of drug-likeness (QED) is 0.671. The second-order valence-corrected chi connectivity index (χ2v) is 4.60. The number of nitrogens with two attached hydrogens (primary N) is 1. The standard InChI is InChI=1S/C11H14Cl2.H3NO2S/c12-8-6-11(7-9-13)10-4-2-1-3-5-10;1-4(2)3/h1-5,11H,6-9H2;1H2,(H,2,3)/p-1. The molecule has 0 spiro atoms. The Bertz CT molecular complexity index is 302. The van der Waals surface area contributed by atoms with Crippen LogP contribution in [-0.4, -0.2) is 20.5 Å². The van der Waals surface area contributed by atoms with Gasteiger partial charge >= 0.3 is 0 Å². The van der Waals surface area contributed by atoms with Crippen LogP contribution in [0.4, 0.5) is 0 Å². The Morgan fingerprint density at radius 2 is 1.59 bits per heavy atom. The molecule has 2 N–H and O–H groups in total. The highest BCUT2D eigenvalue weighted by Crippen LogP contribution is 2.23. The monoisotopic (exact) mass is 296 g/mol. The summed E-state index contributed by atoms with van der Waals surface area (Å²) in [6.07, 6.45) is 2.02. The summed E-state index contributed by atoms with van der Waals surface area (Å²) >= 11 is 9.12. The third kappa shape index (κ3) is 9.56. The predicted molar refractivity (Wildman–Crippen MR) is 73.0 cm³/mol. The van der Waals surface area contributed by atoms with Crippen molar-refractivity contribution in [3.8, 4) is 0 Å². The molecule has 0 amide bonds. The Balaban J connectivity index is 0.000000557. The molecule has 0 aromatic heterocycles. The summed E-state index contributed by atoms with van der Waals surface area (Å²) in [5, 5.41) is 4.03. The average molecular weight is 297 g/mol. The molecule has 1 aromatic carbocycles. The largest absolute Gasteiger partial charge is 0.760 e. The van der Waals surface area contributed by atoms with Gasteiger partial charge in [0.2, 0.25) is 0 Å². The molecular weight excluding hydrogens is 281 g/mol. The molecule has 0 bridgehead atoms. The van der Waals surface area contributed by atoms with Crippen molar-refractivity contribution in [1.82, 2.24) is 0 Å². The maximum Gasteiger partial charge on any atom is 0.0229 e. The molecule has 1 atom stereocenters. The lowest BCUT2D eigenvalue weighted by molar-refractivity contribution is 0.539. The molecule has 1 unspecified atom stereocenters. The van der Waals surface area contributed by atoms with Crippen molar-refractivity contribution in [2.24, 2.45) is 5.14 Å². The van der Waals surface area contributed by atoms with Crippen LogP contribution in [0.5, 0.6) is 0 Å². The van der Waals surface area contributed by atoms with Crippen molar-refractivity contribution >= 4 is 34.5 Å². The minimum absolute atomic E-state index is 0.524. The lowest BCUT2D eigenvalue weighted by Crippen LogP contribution is -2.00. The highest BCUT2D eigenvalue weighted by molar-refractivity contribution is 7.76. The van der Waals surface area contributed by atoms with E-state index < -0.39 is 11.3 Å². The maximum atomic E-state index is 8.78. The summed E-state index contributed by atoms with van der Waals surface area (Å²) in [6, 6.07) is 10.4. The predicted octanol–water partition coefficient (Wildman–Crippen LogP) is 2.77. The van der Waals surface area contributed by atoms with E-state index in [-0.39, 0.29) is 0 Å². The summed E-state index contributed by atoms with van der Waals surface area (Å²) in [7, 11) is 0. The van der Waals surface area contributed by atoms with Crippen LogP contribution in [0, 0.1) is 0 Å². The summed E-state index contributed by atoms with van der Waals surface area (Å²) < 4.78 is 17.6. The van der Waals surface area contributed by atoms with E-state index in [1.54, 1.807) is 0 Å². The highest BCUT2D eigenvalue weighted by Gasteiger charge is 2.08. The number of hydrogen-bond acceptors (Lipinski definition) is 2. The van der Waals surface area contributed by atoms with Gasteiger partial charge in [-0.2, -0.15) is 0 Å². The number of halogens is 2. The summed E-state index contributed by atoms with van der Waals surface area (Å²) in [5.41, 5.74) is 1.35. The maximum absolute atomic E-state index is 8.78. The number of rotatable bonds is 5. The van der Waals surface area contributed by atoms with Crippen molar-refractivity contribution in [2.75, 3.05) is 11.8 Å². The number of alkyl halides is 2. The van der Waals surface area contributed by atoms with Gasteiger partial charge in [-0.25, -0.2) is 0 Å². The molecule has 0 fully saturated rings. The molecule has 1 rings (SSSR count). The molecule has 17 heavy (non-hydrogen) atoms. The second-order valence-electron chi connectivity index (χ2n) is 3.32. The molecule has 0 saturated carbocycles. The molecule has 6 heteroatoms. The zero-order valence-electron chi connectivity index (χ0n) is 9.35. The summed E-state index contributed by atoms with van der Waals surface area (Å²) in [4.78, 5) is 0. The molecule has 0 aliphatic carbocycles. The number of hydrogen-bond donors (Lipinski definition) is 1. The van der Waals surface area contributed by atoms with Gasteiger partial charge in [0.25, 0.3) is 0 Å². The SMILES string of the molecule is ClCCC(CCCl)c1ccccc1.NS(=O)[O-]. The van der Waals surface area contributed by atoms with Crippen LogP contribution in [0.15, 0.2) is 30.3 Å². The van der Waals surface area contributed by atoms with E-state index in [2.05, 4.69) is 29.4 Å². The van der Waals surface area contributed by atoms with Gasteiger partial charge in [-0.1, -0.05) is 30.3 Å². The fraction of sp³-hybridized carbons (Fsp3) is 0.455. The first-order valence-electron chi connectivity index (χ1n) is 5.12. The van der Waals surface area contributed by atoms with Gasteiger partial charge in [0, 0.05) is 23.0 Å². The molecule has 98 valence electrons. The van der Waals surface area contributed by atoms with E-state index in [9.17, 15) is 0 Å². The van der Waals surface area contributed by atoms with Crippen LogP contribution in [-0.2, 0) is 11.3 Å². The summed E-state index contributed by atoms with van der Waals surface area (Å²) in [5.74, 6) is 1.93. The van der Waals surface area contributed by atoms with Crippen molar-refractivity contribution in [3.05, 3.63) is 35.9 Å². The van der Waals surface area contributed by atoms with Gasteiger partial charge in [-0.05, 0) is 24.3 Å². The first-order valence-corrected chi connectivity index (χ1v) is 7.33. The normalized spacial score (nSPS) is 11.8. The Morgan fingerprint density at radius 1 is 1.18 bits per heavy atom. The average Bonchev–Trinajstić information content (AvgIpc) is 2.29. The molecule has 3 nitrogen and oxygen atoms in total. The van der Waals surface area contributed by atoms with Gasteiger partial charge < -0.3 is 4.55 Å². The van der Waals surface area contributed by atoms with E-state index >= 15 is 0 Å². The Hall–Kier alpha value is -0.130. The zero-order valence-corrected chi connectivity index (χ0v) is 11.7. The van der Waals surface area contributed by atoms with E-state index in [1.165, 1.54) is 5.56 Å². The van der Waals surface area contributed by atoms with Crippen molar-refractivity contribution in [2.45, 2.75) is 18.8 Å². The van der Waals surface area contributed by atoms with Gasteiger partial charge in [0.15, 0.2) is 0 Å². The van der Waals surface area contributed by atoms with Gasteiger partial charge in [-0.3, -0.25) is 9.35 Å². The Morgan fingerprint density at radius 3 is 1.94 bits per heavy atom.